The van der Waals surface area contributed by atoms with Crippen molar-refractivity contribution in [2.24, 2.45) is 0 Å². The van der Waals surface area contributed by atoms with Crippen molar-refractivity contribution in [3.05, 3.63) is 451 Å². The fourth-order valence-corrected chi connectivity index (χ4v) is 13.4. The molecule has 0 heteroatoms. The molecule has 0 amide bonds. The normalized spacial score (nSPS) is 11.0. The molecule has 17 rings (SSSR count). The van der Waals surface area contributed by atoms with Gasteiger partial charge in [0, 0.05) is 134 Å². The first-order chi connectivity index (χ1) is 53.4. The summed E-state index contributed by atoms with van der Waals surface area (Å²) in [6.45, 7) is 0. The largest absolute Gasteiger partial charge is 0.0616 e. The Hall–Kier alpha value is -15.8. The van der Waals surface area contributed by atoms with Gasteiger partial charge < -0.3 is 0 Å². The lowest BCUT2D eigenvalue weighted by atomic mass is 9.87. The van der Waals surface area contributed by atoms with Gasteiger partial charge in [-0.15, -0.1) is 0 Å². The van der Waals surface area contributed by atoms with Crippen molar-refractivity contribution < 1.29 is 0 Å². The average Bonchev–Trinajstić information content (AvgIpc) is 0.757. The van der Waals surface area contributed by atoms with E-state index in [9.17, 15) is 0 Å². The van der Waals surface area contributed by atoms with Crippen LogP contribution in [0.2, 0.25) is 0 Å². The van der Waals surface area contributed by atoms with Crippen LogP contribution in [0.25, 0.3) is 65.3 Å². The Morgan fingerprint density at radius 2 is 0.250 bits per heavy atom. The summed E-state index contributed by atoms with van der Waals surface area (Å²) in [7, 11) is 0. The van der Waals surface area contributed by atoms with Crippen molar-refractivity contribution in [1.82, 2.24) is 0 Å². The van der Waals surface area contributed by atoms with Crippen LogP contribution in [0.5, 0.6) is 0 Å². The van der Waals surface area contributed by atoms with Gasteiger partial charge in [0.1, 0.15) is 0 Å². The van der Waals surface area contributed by atoms with Crippen LogP contribution in [0.3, 0.4) is 0 Å². The van der Waals surface area contributed by atoms with E-state index in [0.717, 1.165) is 177 Å². The molecule has 488 valence electrons. The van der Waals surface area contributed by atoms with E-state index in [4.69, 9.17) is 0 Å². The third-order valence-corrected chi connectivity index (χ3v) is 18.6. The van der Waals surface area contributed by atoms with Gasteiger partial charge in [0.25, 0.3) is 0 Å². The summed E-state index contributed by atoms with van der Waals surface area (Å²) >= 11 is 0. The molecule has 0 radical (unpaired) electrons. The summed E-state index contributed by atoms with van der Waals surface area (Å²) in [5.41, 5.74) is 21.4. The zero-order chi connectivity index (χ0) is 72.2. The van der Waals surface area contributed by atoms with Crippen LogP contribution < -0.4 is 0 Å². The predicted octanol–water partition coefficient (Wildman–Crippen LogP) is 21.9. The fourth-order valence-electron chi connectivity index (χ4n) is 13.4. The van der Waals surface area contributed by atoms with Gasteiger partial charge in [-0.1, -0.05) is 288 Å². The van der Waals surface area contributed by atoms with E-state index in [1.165, 1.54) is 0 Å². The van der Waals surface area contributed by atoms with Gasteiger partial charge in [-0.05, 0) is 213 Å². The fraction of sp³-hybridized carbons (Fsp3) is 0. The van der Waals surface area contributed by atoms with Crippen LogP contribution in [0.4, 0.5) is 0 Å². The highest BCUT2D eigenvalue weighted by atomic mass is 14.2. The predicted molar refractivity (Wildman–Crippen MR) is 445 cm³/mol. The first-order valence-corrected chi connectivity index (χ1v) is 35.5. The molecule has 1 aliphatic carbocycles. The highest BCUT2D eigenvalue weighted by Crippen LogP contribution is 2.41. The number of hydrogen-bond donors (Lipinski definition) is 0. The minimum absolute atomic E-state index is 0.851. The number of fused-ring (bicyclic) bond motifs is 30. The van der Waals surface area contributed by atoms with Gasteiger partial charge in [-0.3, -0.25) is 0 Å². The van der Waals surface area contributed by atoms with Crippen molar-refractivity contribution in [3.8, 4) is 141 Å². The van der Waals surface area contributed by atoms with Gasteiger partial charge in [0.15, 0.2) is 0 Å². The minimum atomic E-state index is 0.851. The Balaban J connectivity index is 0.737. The van der Waals surface area contributed by atoms with Crippen molar-refractivity contribution in [2.45, 2.75) is 0 Å². The van der Waals surface area contributed by atoms with Crippen LogP contribution in [0.1, 0.15) is 111 Å². The second kappa shape index (κ2) is 30.4. The maximum absolute atomic E-state index is 3.63. The molecule has 16 bridgehead atoms. The SMILES string of the molecule is C1#Cc2cccc(c2)C#Cc2cccc(c2)C#Cc2ccc3ccccc3c2-c2c(ccc3ccccc23)C#Cc2cccc(c2)C#Cc2cccc(c2)C#Cc2cccc(c2)C#Cc2cccc(c2)C#Cc2ccc3ccccc3c2-c2c(ccc3ccccc23)C#Cc2cccc(c2)C#Cc2cccc1c2. The lowest BCUT2D eigenvalue weighted by Crippen LogP contribution is -1.93. The zero-order valence-corrected chi connectivity index (χ0v) is 58.3. The molecule has 0 unspecified atom stereocenters. The second-order valence-electron chi connectivity index (χ2n) is 26.0. The monoisotopic (exact) mass is 1350 g/mol. The van der Waals surface area contributed by atoms with E-state index in [-0.39, 0.29) is 0 Å². The number of hydrogen-bond acceptors (Lipinski definition) is 0. The Kier molecular flexibility index (Phi) is 18.4. The first kappa shape index (κ1) is 65.5. The lowest BCUT2D eigenvalue weighted by molar-refractivity contribution is 1.56. The van der Waals surface area contributed by atoms with E-state index in [1.807, 2.05) is 194 Å². The Morgan fingerprint density at radius 1 is 0.111 bits per heavy atom. The highest BCUT2D eigenvalue weighted by molar-refractivity contribution is 6.11. The second-order valence-corrected chi connectivity index (χ2v) is 26.0. The highest BCUT2D eigenvalue weighted by Gasteiger charge is 2.18. The molecular formula is C108H56. The molecule has 0 saturated carbocycles. The average molecular weight is 1350 g/mol. The van der Waals surface area contributed by atoms with Gasteiger partial charge >= 0.3 is 0 Å². The van der Waals surface area contributed by atoms with E-state index in [2.05, 4.69) is 264 Å². The molecule has 0 spiro atoms. The topological polar surface area (TPSA) is 0 Å². The van der Waals surface area contributed by atoms with Crippen LogP contribution in [-0.2, 0) is 0 Å². The molecule has 16 aromatic carbocycles. The summed E-state index contributed by atoms with van der Waals surface area (Å²) in [5.74, 6) is 69.4. The van der Waals surface area contributed by atoms with E-state index in [1.54, 1.807) is 0 Å². The Bertz CT molecular complexity index is 6270. The lowest BCUT2D eigenvalue weighted by Gasteiger charge is -2.15. The molecule has 0 nitrogen and oxygen atoms in total. The standard InChI is InChI=1S/C108H56/c1-5-37-101-93(33-1)61-65-97-57-53-89-29-13-25-85(73-89)49-45-81-21-9-17-77(69-81)41-42-79-19-11-23-83(71-79)47-51-87-27-15-31-91(75-87)55-59-99-67-63-95-35-3-7-39-103(95)107(99)108-100(68-64-96-36-4-8-40-104(96)108)60-56-92-32-16-28-88(76-92)52-48-84-24-12-20-80(72-84)44-43-78-18-10-22-82(70-78)46-50-86-26-14-30-90(74-86)54-58-98-66-62-94-34-2-6-38-102(94)106(98)105(97)101/h1-40,61-76H. The van der Waals surface area contributed by atoms with E-state index < -0.39 is 0 Å². The van der Waals surface area contributed by atoms with Crippen LogP contribution in [0.15, 0.2) is 340 Å². The van der Waals surface area contributed by atoms with Gasteiger partial charge in [-0.25, -0.2) is 0 Å². The summed E-state index contributed by atoms with van der Waals surface area (Å²) in [6, 6.07) is 116. The summed E-state index contributed by atoms with van der Waals surface area (Å²) in [5, 5.41) is 8.81. The number of benzene rings is 16. The molecule has 0 fully saturated rings. The molecule has 108 heavy (non-hydrogen) atoms. The van der Waals surface area contributed by atoms with Crippen LogP contribution >= 0.6 is 0 Å². The van der Waals surface area contributed by atoms with Crippen molar-refractivity contribution in [3.63, 3.8) is 0 Å². The molecule has 0 aliphatic heterocycles. The molecule has 16 aromatic rings. The maximum Gasteiger partial charge on any atom is 0.0334 e. The van der Waals surface area contributed by atoms with Gasteiger partial charge in [0.05, 0.1) is 0 Å². The smallest absolute Gasteiger partial charge is 0.0334 e. The third-order valence-electron chi connectivity index (χ3n) is 18.6. The van der Waals surface area contributed by atoms with Crippen LogP contribution in [-0.4, -0.2) is 0 Å². The molecular weight excluding hydrogens is 1300 g/mol. The summed E-state index contributed by atoms with van der Waals surface area (Å²) < 4.78 is 0. The van der Waals surface area contributed by atoms with Gasteiger partial charge in [0.2, 0.25) is 0 Å². The summed E-state index contributed by atoms with van der Waals surface area (Å²) in [6.07, 6.45) is 0. The minimum Gasteiger partial charge on any atom is -0.0616 e. The van der Waals surface area contributed by atoms with Crippen molar-refractivity contribution >= 4 is 43.1 Å². The Labute approximate surface area is 630 Å². The Morgan fingerprint density at radius 3 is 0.407 bits per heavy atom. The number of rotatable bonds is 0. The van der Waals surface area contributed by atoms with Crippen molar-refractivity contribution in [1.29, 1.82) is 0 Å². The van der Waals surface area contributed by atoms with E-state index >= 15 is 0 Å². The van der Waals surface area contributed by atoms with Crippen LogP contribution in [0, 0.1) is 118 Å². The zero-order valence-electron chi connectivity index (χ0n) is 58.3. The first-order valence-electron chi connectivity index (χ1n) is 35.5. The van der Waals surface area contributed by atoms with Crippen molar-refractivity contribution in [2.75, 3.05) is 0 Å². The third kappa shape index (κ3) is 15.1. The molecule has 0 heterocycles. The maximum atomic E-state index is 3.63. The molecule has 0 N–H and O–H groups in total. The summed E-state index contributed by atoms with van der Waals surface area (Å²) in [4.78, 5) is 0. The molecule has 0 saturated heterocycles. The van der Waals surface area contributed by atoms with Gasteiger partial charge in [-0.2, -0.15) is 0 Å². The molecule has 0 aromatic heterocycles. The quantitative estimate of drug-likeness (QED) is 0.133. The molecule has 1 aliphatic rings. The van der Waals surface area contributed by atoms with E-state index in [0.29, 0.717) is 0 Å². The molecule has 0 atom stereocenters.